The van der Waals surface area contributed by atoms with Gasteiger partial charge in [0, 0.05) is 18.8 Å². The molecule has 0 aromatic carbocycles. The third kappa shape index (κ3) is 4.53. The van der Waals surface area contributed by atoms with Gasteiger partial charge >= 0.3 is 0 Å². The van der Waals surface area contributed by atoms with Crippen LogP contribution in [0, 0.1) is 6.92 Å². The van der Waals surface area contributed by atoms with E-state index in [-0.39, 0.29) is 29.0 Å². The van der Waals surface area contributed by atoms with E-state index in [9.17, 15) is 18.0 Å². The van der Waals surface area contributed by atoms with E-state index in [2.05, 4.69) is 11.8 Å². The second-order valence-electron chi connectivity index (χ2n) is 9.45. The van der Waals surface area contributed by atoms with Crippen LogP contribution in [0.4, 0.5) is 5.82 Å². The average molecular weight is 533 g/mol. The molecular formula is C24H28N4O4S3. The van der Waals surface area contributed by atoms with Crippen molar-refractivity contribution >= 4 is 61.6 Å². The van der Waals surface area contributed by atoms with Crippen LogP contribution in [0.25, 0.3) is 11.7 Å². The molecule has 0 saturated carbocycles. The van der Waals surface area contributed by atoms with E-state index in [1.54, 1.807) is 12.3 Å². The first kappa shape index (κ1) is 24.5. The molecule has 2 aromatic heterocycles. The molecule has 8 nitrogen and oxygen atoms in total. The van der Waals surface area contributed by atoms with Crippen LogP contribution in [-0.4, -0.2) is 63.1 Å². The third-order valence-electron chi connectivity index (χ3n) is 7.03. The van der Waals surface area contributed by atoms with Gasteiger partial charge < -0.3 is 4.90 Å². The van der Waals surface area contributed by atoms with Crippen molar-refractivity contribution in [3.63, 3.8) is 0 Å². The predicted molar refractivity (Wildman–Crippen MR) is 144 cm³/mol. The van der Waals surface area contributed by atoms with Gasteiger partial charge in [-0.25, -0.2) is 13.4 Å². The molecule has 3 aliphatic rings. The zero-order valence-electron chi connectivity index (χ0n) is 19.8. The summed E-state index contributed by atoms with van der Waals surface area (Å²) in [5.74, 6) is 0.232. The topological polar surface area (TPSA) is 92.1 Å². The molecule has 0 bridgehead atoms. The molecule has 0 spiro atoms. The number of rotatable bonds is 4. The second kappa shape index (κ2) is 9.33. The monoisotopic (exact) mass is 532 g/mol. The number of sulfone groups is 1. The Morgan fingerprint density at radius 2 is 2.03 bits per heavy atom. The van der Waals surface area contributed by atoms with Gasteiger partial charge in [0.2, 0.25) is 0 Å². The molecule has 0 aliphatic carbocycles. The Labute approximate surface area is 214 Å². The maximum atomic E-state index is 13.7. The van der Waals surface area contributed by atoms with Crippen LogP contribution in [0.5, 0.6) is 0 Å². The van der Waals surface area contributed by atoms with Gasteiger partial charge in [0.05, 0.1) is 28.0 Å². The van der Waals surface area contributed by atoms with Crippen LogP contribution in [-0.2, 0) is 14.6 Å². The Bertz CT molecular complexity index is 1420. The van der Waals surface area contributed by atoms with Gasteiger partial charge in [0.1, 0.15) is 15.8 Å². The quantitative estimate of drug-likeness (QED) is 0.438. The minimum Gasteiger partial charge on any atom is -0.353 e. The van der Waals surface area contributed by atoms with Crippen molar-refractivity contribution in [1.82, 2.24) is 14.3 Å². The number of thiocarbonyl (C=S) groups is 1. The van der Waals surface area contributed by atoms with Crippen LogP contribution in [0.1, 0.15) is 50.2 Å². The van der Waals surface area contributed by atoms with Crippen LogP contribution >= 0.6 is 24.0 Å². The summed E-state index contributed by atoms with van der Waals surface area (Å²) in [6, 6.07) is 3.59. The van der Waals surface area contributed by atoms with Crippen molar-refractivity contribution in [2.24, 2.45) is 0 Å². The van der Waals surface area contributed by atoms with E-state index < -0.39 is 15.9 Å². The van der Waals surface area contributed by atoms with Gasteiger partial charge in [-0.05, 0) is 56.7 Å². The zero-order chi connectivity index (χ0) is 24.9. The fourth-order valence-corrected chi connectivity index (χ4v) is 8.28. The highest BCUT2D eigenvalue weighted by molar-refractivity contribution is 8.26. The number of carbonyl (C=O) groups excluding carboxylic acids is 1. The number of hydrogen-bond acceptors (Lipinski definition) is 8. The molecule has 2 atom stereocenters. The number of fused-ring (bicyclic) bond motifs is 1. The molecule has 0 radical (unpaired) electrons. The van der Waals surface area contributed by atoms with E-state index in [0.29, 0.717) is 32.7 Å². The van der Waals surface area contributed by atoms with Gasteiger partial charge in [0.15, 0.2) is 9.84 Å². The van der Waals surface area contributed by atoms with Gasteiger partial charge in [0.25, 0.3) is 11.5 Å². The summed E-state index contributed by atoms with van der Waals surface area (Å²) < 4.78 is 25.9. The first-order valence-electron chi connectivity index (χ1n) is 12.0. The molecule has 11 heteroatoms. The number of thioether (sulfide) groups is 1. The lowest BCUT2D eigenvalue weighted by molar-refractivity contribution is -0.123. The molecule has 3 fully saturated rings. The number of nitrogens with zero attached hydrogens (tertiary/aromatic N) is 4. The number of carbonyl (C=O) groups is 1. The standard InChI is InChI=1S/C24H28N4O4S3/c1-3-16-6-4-5-10-26(16)21-18(22(29)27-13-15(2)7-8-20(27)25-21)12-19-23(30)28(24(33)34-19)17-9-11-35(31,32)14-17/h7-8,12-13,16-17H,3-6,9-11,14H2,1-2H3/b19-12+. The largest absolute Gasteiger partial charge is 0.353 e. The number of amides is 1. The summed E-state index contributed by atoms with van der Waals surface area (Å²) in [4.78, 5) is 36.0. The van der Waals surface area contributed by atoms with E-state index in [1.807, 2.05) is 19.1 Å². The fourth-order valence-electron chi connectivity index (χ4n) is 5.20. The van der Waals surface area contributed by atoms with Gasteiger partial charge in [-0.2, -0.15) is 0 Å². The molecule has 2 aromatic rings. The second-order valence-corrected chi connectivity index (χ2v) is 13.4. The summed E-state index contributed by atoms with van der Waals surface area (Å²) in [5.41, 5.74) is 1.63. The van der Waals surface area contributed by atoms with Crippen molar-refractivity contribution in [2.75, 3.05) is 23.0 Å². The van der Waals surface area contributed by atoms with Gasteiger partial charge in [-0.15, -0.1) is 0 Å². The Kier molecular flexibility index (Phi) is 6.52. The molecule has 2 unspecified atom stereocenters. The summed E-state index contributed by atoms with van der Waals surface area (Å²) in [7, 11) is -3.17. The van der Waals surface area contributed by atoms with Crippen molar-refractivity contribution < 1.29 is 13.2 Å². The Morgan fingerprint density at radius 1 is 1.23 bits per heavy atom. The number of pyridine rings is 1. The van der Waals surface area contributed by atoms with Crippen LogP contribution < -0.4 is 10.5 Å². The number of piperidine rings is 1. The number of aromatic nitrogens is 2. The third-order valence-corrected chi connectivity index (χ3v) is 10.1. The zero-order valence-corrected chi connectivity index (χ0v) is 22.2. The van der Waals surface area contributed by atoms with Crippen molar-refractivity contribution in [3.8, 4) is 0 Å². The van der Waals surface area contributed by atoms with E-state index in [0.717, 1.165) is 49.6 Å². The van der Waals surface area contributed by atoms with E-state index in [4.69, 9.17) is 17.2 Å². The predicted octanol–water partition coefficient (Wildman–Crippen LogP) is 3.16. The Balaban J connectivity index is 1.62. The normalized spacial score (nSPS) is 25.8. The molecule has 1 amide bonds. The summed E-state index contributed by atoms with van der Waals surface area (Å²) >= 11 is 6.59. The summed E-state index contributed by atoms with van der Waals surface area (Å²) in [5, 5.41) is 0. The van der Waals surface area contributed by atoms with Gasteiger partial charge in [-0.3, -0.25) is 18.9 Å². The van der Waals surface area contributed by atoms with Crippen LogP contribution in [0.3, 0.4) is 0 Å². The van der Waals surface area contributed by atoms with Gasteiger partial charge in [-0.1, -0.05) is 37.0 Å². The Hall–Kier alpha value is -2.24. The lowest BCUT2D eigenvalue weighted by atomic mass is 9.99. The maximum absolute atomic E-state index is 13.7. The fraction of sp³-hybridized carbons (Fsp3) is 0.500. The number of aryl methyl sites for hydroxylation is 1. The molecule has 35 heavy (non-hydrogen) atoms. The highest BCUT2D eigenvalue weighted by atomic mass is 32.2. The molecule has 5 heterocycles. The van der Waals surface area contributed by atoms with Crippen molar-refractivity contribution in [1.29, 1.82) is 0 Å². The molecule has 186 valence electrons. The SMILES string of the molecule is CCC1CCCCN1c1nc2ccc(C)cn2c(=O)c1/C=C1/SC(=S)N(C2CCS(=O)(=O)C2)C1=O. The summed E-state index contributed by atoms with van der Waals surface area (Å²) in [6.07, 6.45) is 7.87. The molecule has 3 saturated heterocycles. The van der Waals surface area contributed by atoms with E-state index >= 15 is 0 Å². The van der Waals surface area contributed by atoms with Crippen LogP contribution in [0.15, 0.2) is 28.0 Å². The lowest BCUT2D eigenvalue weighted by Crippen LogP contribution is -2.41. The first-order chi connectivity index (χ1) is 16.7. The molecule has 0 N–H and O–H groups in total. The molecule has 3 aliphatic heterocycles. The molecular weight excluding hydrogens is 504 g/mol. The van der Waals surface area contributed by atoms with Crippen LogP contribution in [0.2, 0.25) is 0 Å². The average Bonchev–Trinajstić information content (AvgIpc) is 3.32. The number of hydrogen-bond donors (Lipinski definition) is 0. The first-order valence-corrected chi connectivity index (χ1v) is 15.0. The van der Waals surface area contributed by atoms with Crippen molar-refractivity contribution in [3.05, 3.63) is 44.7 Å². The smallest absolute Gasteiger partial charge is 0.267 e. The Morgan fingerprint density at radius 3 is 2.74 bits per heavy atom. The highest BCUT2D eigenvalue weighted by Gasteiger charge is 2.42. The van der Waals surface area contributed by atoms with Crippen molar-refractivity contribution in [2.45, 2.75) is 58.0 Å². The minimum absolute atomic E-state index is 0.0561. The molecule has 5 rings (SSSR count). The summed E-state index contributed by atoms with van der Waals surface area (Å²) in [6.45, 7) is 4.85. The maximum Gasteiger partial charge on any atom is 0.267 e. The lowest BCUT2D eigenvalue weighted by Gasteiger charge is -2.37. The minimum atomic E-state index is -3.17. The number of anilines is 1. The van der Waals surface area contributed by atoms with E-state index in [1.165, 1.54) is 9.30 Å². The highest BCUT2D eigenvalue weighted by Crippen LogP contribution is 2.37.